The summed E-state index contributed by atoms with van der Waals surface area (Å²) in [6, 6.07) is 4.11. The predicted octanol–water partition coefficient (Wildman–Crippen LogP) is 3.53. The number of fused-ring (bicyclic) bond motifs is 1. The van der Waals surface area contributed by atoms with Gasteiger partial charge in [0.25, 0.3) is 0 Å². The van der Waals surface area contributed by atoms with E-state index in [-0.39, 0.29) is 11.0 Å². The van der Waals surface area contributed by atoms with E-state index in [1.807, 2.05) is 0 Å². The Morgan fingerprint density at radius 3 is 2.21 bits per heavy atom. The van der Waals surface area contributed by atoms with Crippen molar-refractivity contribution in [1.29, 1.82) is 0 Å². The quantitative estimate of drug-likeness (QED) is 0.850. The number of hydrogen-bond acceptors (Lipinski definition) is 4. The number of nitrogens with zero attached hydrogens (tertiary/aromatic N) is 3. The lowest BCUT2D eigenvalue weighted by Crippen LogP contribution is -2.27. The Bertz CT molecular complexity index is 591. The number of anilines is 1. The van der Waals surface area contributed by atoms with Crippen LogP contribution in [0.4, 0.5) is 5.82 Å². The van der Waals surface area contributed by atoms with Crippen LogP contribution < -0.4 is 5.32 Å². The second-order valence-electron chi connectivity index (χ2n) is 6.91. The maximum Gasteiger partial charge on any atom is 0.164 e. The smallest absolute Gasteiger partial charge is 0.164 e. The highest BCUT2D eigenvalue weighted by atomic mass is 15.1. The molecule has 2 aromatic heterocycles. The Hall–Kier alpha value is -1.71. The van der Waals surface area contributed by atoms with Gasteiger partial charge < -0.3 is 5.32 Å². The molecule has 0 unspecified atom stereocenters. The molecular weight excluding hydrogens is 236 g/mol. The number of hydrogen-bond donors (Lipinski definition) is 1. The zero-order chi connectivity index (χ0) is 14.3. The van der Waals surface area contributed by atoms with Crippen LogP contribution >= 0.6 is 0 Å². The van der Waals surface area contributed by atoms with Crippen molar-refractivity contribution in [2.45, 2.75) is 52.5 Å². The molecule has 4 heteroatoms. The van der Waals surface area contributed by atoms with Crippen molar-refractivity contribution in [1.82, 2.24) is 15.0 Å². The van der Waals surface area contributed by atoms with E-state index in [1.165, 1.54) is 0 Å². The lowest BCUT2D eigenvalue weighted by Gasteiger charge is -2.22. The van der Waals surface area contributed by atoms with Crippen molar-refractivity contribution in [2.24, 2.45) is 0 Å². The number of nitrogens with one attached hydrogen (secondary N) is 1. The van der Waals surface area contributed by atoms with Gasteiger partial charge in [0.2, 0.25) is 0 Å². The van der Waals surface area contributed by atoms with E-state index in [2.05, 4.69) is 73.9 Å². The molecule has 0 aromatic carbocycles. The van der Waals surface area contributed by atoms with E-state index in [4.69, 9.17) is 0 Å². The first kappa shape index (κ1) is 13.7. The van der Waals surface area contributed by atoms with Gasteiger partial charge in [-0.2, -0.15) is 0 Å². The van der Waals surface area contributed by atoms with Crippen LogP contribution in [-0.4, -0.2) is 20.5 Å². The summed E-state index contributed by atoms with van der Waals surface area (Å²) in [6.07, 6.45) is 1.57. The first-order valence-electron chi connectivity index (χ1n) is 6.57. The molecule has 19 heavy (non-hydrogen) atoms. The van der Waals surface area contributed by atoms with Crippen molar-refractivity contribution < 1.29 is 0 Å². The summed E-state index contributed by atoms with van der Waals surface area (Å²) in [7, 11) is 0. The molecule has 0 aliphatic heterocycles. The van der Waals surface area contributed by atoms with Gasteiger partial charge in [0.1, 0.15) is 12.1 Å². The highest BCUT2D eigenvalue weighted by Gasteiger charge is 2.18. The molecule has 0 saturated heterocycles. The van der Waals surface area contributed by atoms with Gasteiger partial charge in [-0.15, -0.1) is 0 Å². The molecule has 0 fully saturated rings. The molecule has 1 N–H and O–H groups in total. The first-order chi connectivity index (χ1) is 8.67. The summed E-state index contributed by atoms with van der Waals surface area (Å²) >= 11 is 0. The van der Waals surface area contributed by atoms with Gasteiger partial charge in [0, 0.05) is 16.6 Å². The molecule has 0 amide bonds. The summed E-state index contributed by atoms with van der Waals surface area (Å²) in [4.78, 5) is 13.3. The third-order valence-electron chi connectivity index (χ3n) is 2.76. The summed E-state index contributed by atoms with van der Waals surface area (Å²) < 4.78 is 0. The summed E-state index contributed by atoms with van der Waals surface area (Å²) in [6.45, 7) is 12.8. The molecule has 0 atom stereocenters. The van der Waals surface area contributed by atoms with Crippen molar-refractivity contribution in [3.05, 3.63) is 24.2 Å². The van der Waals surface area contributed by atoms with Crippen molar-refractivity contribution in [3.8, 4) is 0 Å². The van der Waals surface area contributed by atoms with Gasteiger partial charge in [-0.3, -0.25) is 0 Å². The zero-order valence-corrected chi connectivity index (χ0v) is 12.6. The molecule has 2 heterocycles. The highest BCUT2D eigenvalue weighted by Crippen LogP contribution is 2.25. The molecule has 0 radical (unpaired) electrons. The maximum absolute atomic E-state index is 4.65. The lowest BCUT2D eigenvalue weighted by molar-refractivity contribution is 0.571. The molecule has 2 aromatic rings. The number of pyridine rings is 1. The average Bonchev–Trinajstić information content (AvgIpc) is 2.25. The normalized spacial score (nSPS) is 12.7. The van der Waals surface area contributed by atoms with E-state index < -0.39 is 0 Å². The fourth-order valence-electron chi connectivity index (χ4n) is 1.81. The third kappa shape index (κ3) is 3.19. The zero-order valence-electron chi connectivity index (χ0n) is 12.6. The maximum atomic E-state index is 4.65. The largest absolute Gasteiger partial charge is 0.365 e. The fraction of sp³-hybridized carbons (Fsp3) is 0.533. The minimum absolute atomic E-state index is 0.0246. The van der Waals surface area contributed by atoms with Crippen LogP contribution in [0, 0.1) is 0 Å². The Morgan fingerprint density at radius 2 is 1.63 bits per heavy atom. The van der Waals surface area contributed by atoms with Crippen molar-refractivity contribution >= 4 is 16.9 Å². The monoisotopic (exact) mass is 258 g/mol. The first-order valence-corrected chi connectivity index (χ1v) is 6.57. The molecule has 2 rings (SSSR count). The molecule has 0 aliphatic rings. The van der Waals surface area contributed by atoms with Crippen LogP contribution in [0.3, 0.4) is 0 Å². The minimum atomic E-state index is -0.0377. The predicted molar refractivity (Wildman–Crippen MR) is 79.4 cm³/mol. The minimum Gasteiger partial charge on any atom is -0.365 e. The summed E-state index contributed by atoms with van der Waals surface area (Å²) in [5.74, 6) is 0.838. The fourth-order valence-corrected chi connectivity index (χ4v) is 1.81. The van der Waals surface area contributed by atoms with Crippen LogP contribution in [0.5, 0.6) is 0 Å². The molecule has 0 saturated carbocycles. The standard InChI is InChI=1S/C15H22N4/c1-14(2,3)11-8-7-10-12(18-11)16-9-17-13(10)19-15(4,5)6/h7-9H,1-6H3,(H,16,17,18,19). The van der Waals surface area contributed by atoms with Crippen LogP contribution in [0.15, 0.2) is 18.5 Å². The third-order valence-corrected chi connectivity index (χ3v) is 2.76. The van der Waals surface area contributed by atoms with Crippen LogP contribution in [0.1, 0.15) is 47.2 Å². The molecule has 0 aliphatic carbocycles. The highest BCUT2D eigenvalue weighted by molar-refractivity contribution is 5.86. The van der Waals surface area contributed by atoms with Gasteiger partial charge in [0.05, 0.1) is 5.39 Å². The Balaban J connectivity index is 2.53. The Kier molecular flexibility index (Phi) is 3.20. The molecular formula is C15H22N4. The summed E-state index contributed by atoms with van der Waals surface area (Å²) in [5.41, 5.74) is 1.77. The number of rotatable bonds is 1. The topological polar surface area (TPSA) is 50.7 Å². The second kappa shape index (κ2) is 4.44. The Labute approximate surface area is 114 Å². The van der Waals surface area contributed by atoms with Gasteiger partial charge in [-0.05, 0) is 32.9 Å². The molecule has 102 valence electrons. The van der Waals surface area contributed by atoms with Crippen molar-refractivity contribution in [2.75, 3.05) is 5.32 Å². The Morgan fingerprint density at radius 1 is 0.947 bits per heavy atom. The molecule has 0 spiro atoms. The summed E-state index contributed by atoms with van der Waals surface area (Å²) in [5, 5.41) is 4.35. The van der Waals surface area contributed by atoms with Gasteiger partial charge in [-0.25, -0.2) is 15.0 Å². The lowest BCUT2D eigenvalue weighted by atomic mass is 9.91. The van der Waals surface area contributed by atoms with Gasteiger partial charge >= 0.3 is 0 Å². The van der Waals surface area contributed by atoms with Crippen LogP contribution in [0.25, 0.3) is 11.0 Å². The average molecular weight is 258 g/mol. The number of aromatic nitrogens is 3. The van der Waals surface area contributed by atoms with E-state index in [9.17, 15) is 0 Å². The molecule has 4 nitrogen and oxygen atoms in total. The molecule has 0 bridgehead atoms. The SMILES string of the molecule is CC(C)(C)Nc1ncnc2nc(C(C)(C)C)ccc12. The van der Waals surface area contributed by atoms with E-state index in [0.29, 0.717) is 0 Å². The van der Waals surface area contributed by atoms with Gasteiger partial charge in [-0.1, -0.05) is 20.8 Å². The van der Waals surface area contributed by atoms with E-state index >= 15 is 0 Å². The van der Waals surface area contributed by atoms with E-state index in [0.717, 1.165) is 22.5 Å². The van der Waals surface area contributed by atoms with Crippen molar-refractivity contribution in [3.63, 3.8) is 0 Å². The van der Waals surface area contributed by atoms with Crippen LogP contribution in [-0.2, 0) is 5.41 Å². The van der Waals surface area contributed by atoms with E-state index in [1.54, 1.807) is 6.33 Å². The van der Waals surface area contributed by atoms with Crippen LogP contribution in [0.2, 0.25) is 0 Å². The van der Waals surface area contributed by atoms with Gasteiger partial charge in [0.15, 0.2) is 5.65 Å². The second-order valence-corrected chi connectivity index (χ2v) is 6.91.